The molecule has 1 aromatic carbocycles. The summed E-state index contributed by atoms with van der Waals surface area (Å²) >= 11 is 5.69. The van der Waals surface area contributed by atoms with Crippen LogP contribution in [-0.4, -0.2) is 48.0 Å². The van der Waals surface area contributed by atoms with E-state index in [9.17, 15) is 26.8 Å². The summed E-state index contributed by atoms with van der Waals surface area (Å²) < 4.78 is 53.2. The van der Waals surface area contributed by atoms with Crippen molar-refractivity contribution in [3.63, 3.8) is 0 Å². The molecule has 7 nitrogen and oxygen atoms in total. The lowest BCUT2D eigenvalue weighted by molar-refractivity contribution is -0.126. The Morgan fingerprint density at radius 3 is 2.63 bits per heavy atom. The molecular weight excluding hydrogens is 500 g/mol. The van der Waals surface area contributed by atoms with E-state index in [1.165, 1.54) is 30.2 Å². The third-order valence-electron chi connectivity index (χ3n) is 7.09. The Labute approximate surface area is 206 Å². The molecule has 1 saturated heterocycles. The van der Waals surface area contributed by atoms with Gasteiger partial charge in [0, 0.05) is 23.4 Å². The van der Waals surface area contributed by atoms with Crippen molar-refractivity contribution >= 4 is 33.3 Å². The zero-order valence-corrected chi connectivity index (χ0v) is 20.5. The molecule has 0 radical (unpaired) electrons. The summed E-state index contributed by atoms with van der Waals surface area (Å²) in [4.78, 5) is 32.1. The maximum absolute atomic E-state index is 14.6. The number of piperidine rings is 1. The van der Waals surface area contributed by atoms with Crippen LogP contribution in [0, 0.1) is 23.5 Å². The van der Waals surface area contributed by atoms with E-state index in [4.69, 9.17) is 11.6 Å². The fourth-order valence-corrected chi connectivity index (χ4v) is 5.87. The monoisotopic (exact) mass is 523 g/mol. The molecule has 186 valence electrons. The van der Waals surface area contributed by atoms with Crippen molar-refractivity contribution in [2.75, 3.05) is 5.75 Å². The molecule has 2 saturated carbocycles. The highest BCUT2D eigenvalue weighted by Crippen LogP contribution is 2.49. The van der Waals surface area contributed by atoms with Crippen LogP contribution in [0.2, 0.25) is 5.02 Å². The van der Waals surface area contributed by atoms with E-state index in [0.717, 1.165) is 31.4 Å². The van der Waals surface area contributed by atoms with Crippen molar-refractivity contribution in [1.82, 2.24) is 15.2 Å². The van der Waals surface area contributed by atoms with Gasteiger partial charge in [0.25, 0.3) is 5.91 Å². The number of fused-ring (bicyclic) bond motifs is 1. The molecule has 1 aromatic heterocycles. The molecule has 2 aromatic rings. The molecule has 2 amide bonds. The second kappa shape index (κ2) is 8.81. The molecule has 1 aliphatic heterocycles. The summed E-state index contributed by atoms with van der Waals surface area (Å²) in [6, 6.07) is 2.97. The maximum atomic E-state index is 14.6. The molecule has 2 heterocycles. The van der Waals surface area contributed by atoms with Gasteiger partial charge >= 0.3 is 0 Å². The number of aromatic nitrogens is 1. The topological polar surface area (TPSA) is 96.4 Å². The Balaban J connectivity index is 1.39. The molecule has 35 heavy (non-hydrogen) atoms. The van der Waals surface area contributed by atoms with E-state index in [1.807, 2.05) is 0 Å². The van der Waals surface area contributed by atoms with Crippen LogP contribution in [0.4, 0.5) is 8.78 Å². The summed E-state index contributed by atoms with van der Waals surface area (Å²) in [6.45, 7) is 1.49. The number of sulfone groups is 1. The minimum atomic E-state index is -3.61. The first-order chi connectivity index (χ1) is 16.6. The Bertz CT molecular complexity index is 1320. The highest BCUT2D eigenvalue weighted by atomic mass is 35.5. The molecule has 4 atom stereocenters. The van der Waals surface area contributed by atoms with Gasteiger partial charge < -0.3 is 10.2 Å². The number of benzene rings is 1. The lowest BCUT2D eigenvalue weighted by atomic mass is 10.00. The van der Waals surface area contributed by atoms with Crippen LogP contribution >= 0.6 is 11.6 Å². The summed E-state index contributed by atoms with van der Waals surface area (Å²) in [7, 11) is -3.61. The molecule has 1 N–H and O–H groups in total. The average Bonchev–Trinajstić information content (AvgIpc) is 3.77. The molecule has 11 heteroatoms. The third-order valence-corrected chi connectivity index (χ3v) is 9.00. The van der Waals surface area contributed by atoms with Crippen molar-refractivity contribution in [3.05, 3.63) is 58.2 Å². The van der Waals surface area contributed by atoms with Gasteiger partial charge in [0.15, 0.2) is 14.9 Å². The Morgan fingerprint density at radius 2 is 1.94 bits per heavy atom. The van der Waals surface area contributed by atoms with Crippen LogP contribution in [0.15, 0.2) is 35.5 Å². The third kappa shape index (κ3) is 4.53. The summed E-state index contributed by atoms with van der Waals surface area (Å²) in [5.41, 5.74) is 0.175. The summed E-state index contributed by atoms with van der Waals surface area (Å²) in [5.74, 6) is -2.35. The van der Waals surface area contributed by atoms with Crippen LogP contribution in [0.25, 0.3) is 0 Å². The van der Waals surface area contributed by atoms with Gasteiger partial charge in [0.05, 0.1) is 16.8 Å². The fraction of sp³-hybridized carbons (Fsp3) is 0.458. The van der Waals surface area contributed by atoms with Gasteiger partial charge in [0.2, 0.25) is 5.91 Å². The minimum Gasteiger partial charge on any atom is -0.347 e. The van der Waals surface area contributed by atoms with Gasteiger partial charge in [-0.15, -0.1) is 0 Å². The van der Waals surface area contributed by atoms with E-state index < -0.39 is 45.4 Å². The van der Waals surface area contributed by atoms with Gasteiger partial charge in [-0.25, -0.2) is 22.2 Å². The molecular formula is C24H24ClF2N3O4S. The molecule has 5 rings (SSSR count). The number of rotatable bonds is 7. The van der Waals surface area contributed by atoms with Crippen molar-refractivity contribution < 1.29 is 26.8 Å². The largest absolute Gasteiger partial charge is 0.347 e. The first-order valence-corrected chi connectivity index (χ1v) is 13.6. The summed E-state index contributed by atoms with van der Waals surface area (Å²) in [6.07, 6.45) is 4.02. The number of nitrogens with zero attached hydrogens (tertiary/aromatic N) is 2. The number of halogens is 3. The van der Waals surface area contributed by atoms with Crippen LogP contribution in [0.1, 0.15) is 54.6 Å². The predicted octanol–water partition coefficient (Wildman–Crippen LogP) is 3.68. The first kappa shape index (κ1) is 24.1. The number of carbonyl (C=O) groups excluding carboxylic acids is 2. The number of pyridine rings is 1. The fourth-order valence-electron chi connectivity index (χ4n) is 4.90. The average molecular weight is 524 g/mol. The van der Waals surface area contributed by atoms with E-state index >= 15 is 0 Å². The normalized spacial score (nSPS) is 24.1. The number of likely N-dealkylation sites (tertiary alicyclic amines) is 1. The van der Waals surface area contributed by atoms with Gasteiger partial charge in [0.1, 0.15) is 17.7 Å². The molecule has 0 unspecified atom stereocenters. The van der Waals surface area contributed by atoms with E-state index in [0.29, 0.717) is 6.42 Å². The smallest absolute Gasteiger partial charge is 0.254 e. The van der Waals surface area contributed by atoms with Crippen molar-refractivity contribution in [2.24, 2.45) is 11.8 Å². The molecule has 3 aliphatic rings. The number of carbonyl (C=O) groups is 2. The van der Waals surface area contributed by atoms with E-state index in [2.05, 4.69) is 10.3 Å². The SMILES string of the molecule is CCS(=O)(=O)c1cc(C(=O)N2[C@@H](C(=O)N[C@@H](c3cc(F)c(Cl)cc3F)C3CC3)C[C@H]3C[C@H]32)ccn1. The zero-order chi connectivity index (χ0) is 25.1. The molecule has 0 spiro atoms. The van der Waals surface area contributed by atoms with Crippen molar-refractivity contribution in [1.29, 1.82) is 0 Å². The quantitative estimate of drug-likeness (QED) is 0.558. The second-order valence-electron chi connectivity index (χ2n) is 9.42. The predicted molar refractivity (Wildman–Crippen MR) is 123 cm³/mol. The maximum Gasteiger partial charge on any atom is 0.254 e. The first-order valence-electron chi connectivity index (χ1n) is 11.6. The molecule has 2 aliphatic carbocycles. The van der Waals surface area contributed by atoms with Gasteiger partial charge in [-0.1, -0.05) is 18.5 Å². The lowest BCUT2D eigenvalue weighted by Crippen LogP contribution is -2.49. The highest BCUT2D eigenvalue weighted by Gasteiger charge is 2.56. The number of amides is 2. The van der Waals surface area contributed by atoms with Crippen LogP contribution in [0.3, 0.4) is 0 Å². The zero-order valence-electron chi connectivity index (χ0n) is 18.9. The van der Waals surface area contributed by atoms with Gasteiger partial charge in [-0.05, 0) is 61.8 Å². The van der Waals surface area contributed by atoms with Crippen molar-refractivity contribution in [2.45, 2.75) is 55.8 Å². The van der Waals surface area contributed by atoms with E-state index in [-0.39, 0.29) is 44.8 Å². The number of hydrogen-bond donors (Lipinski definition) is 1. The molecule has 0 bridgehead atoms. The van der Waals surface area contributed by atoms with Crippen LogP contribution in [-0.2, 0) is 14.6 Å². The lowest BCUT2D eigenvalue weighted by Gasteiger charge is -2.29. The Kier molecular flexibility index (Phi) is 6.07. The van der Waals surface area contributed by atoms with E-state index in [1.54, 1.807) is 0 Å². The Morgan fingerprint density at radius 1 is 1.20 bits per heavy atom. The molecule has 3 fully saturated rings. The van der Waals surface area contributed by atoms with Crippen molar-refractivity contribution in [3.8, 4) is 0 Å². The van der Waals surface area contributed by atoms with Gasteiger partial charge in [-0.3, -0.25) is 9.59 Å². The minimum absolute atomic E-state index is 0.0314. The van der Waals surface area contributed by atoms with Crippen LogP contribution in [0.5, 0.6) is 0 Å². The number of hydrogen-bond acceptors (Lipinski definition) is 5. The Hall–Kier alpha value is -2.59. The van der Waals surface area contributed by atoms with Crippen LogP contribution < -0.4 is 5.32 Å². The highest BCUT2D eigenvalue weighted by molar-refractivity contribution is 7.91. The summed E-state index contributed by atoms with van der Waals surface area (Å²) in [5, 5.41) is 2.34. The number of nitrogens with one attached hydrogen (secondary N) is 1. The second-order valence-corrected chi connectivity index (χ2v) is 12.1. The standard InChI is InChI=1S/C24H24ClF2N3O4S/c1-2-35(33,34)21-9-13(5-6-28-21)24(32)30-19-7-14(19)8-20(30)23(31)29-22(12-3-4-12)15-10-18(27)16(25)11-17(15)26/h5-6,9-12,14,19-20,22H,2-4,7-8H2,1H3,(H,29,31)/t14-,19-,20-,22-/m1/s1. The van der Waals surface area contributed by atoms with Gasteiger partial charge in [-0.2, -0.15) is 0 Å².